The Balaban J connectivity index is 0.000000156. The molecule has 118 heavy (non-hydrogen) atoms. The van der Waals surface area contributed by atoms with E-state index in [2.05, 4.69) is 207 Å². The Bertz CT molecular complexity index is 6780. The van der Waals surface area contributed by atoms with Gasteiger partial charge in [-0.15, -0.1) is 90.3 Å². The number of oxazole rings is 3. The summed E-state index contributed by atoms with van der Waals surface area (Å²) in [5, 5.41) is 24.9. The standard InChI is InChI=1S/C22H22FN4O.C22H18N4S.C19H15N6O.C12H10N3S2.C9H5N4O2.5Ir/c1-12(2)15-8-6-9-16(13(3)4)20(15)27-21(24-14(5)26-27)17-10-7-11-18-19(17)25-22(23)28-18;1-14-8-6-9-15(2)21(14)26-22(24-19-12-4-5-13-25(19)26)17-10-7-11-18-20(17)23-16(3)27-18;1-10-7-11(2)17(12(3)8-10)25-18(23-15(9-20)24-25)14-5-6-21-19-16(14)22-13(4)26-19;1-6-4-5-9(12-13-7(2)15-17-12)10-11(6)16-8(3)14-10;1-5-13-8-6(9-11-4-12-15-9)2-10-3-7(8)14-5;;;;;/h6-9,11-13H,1-5H3;4-9,11-13H,1-3H3;6-8H,1-4H3;4H,1-3H3;3-4H,1H3;;;;;/q-1;;3*-1;;;;;. The minimum atomic E-state index is -0.871. The first-order valence-electron chi connectivity index (χ1n) is 35.8. The molecule has 0 aliphatic heterocycles. The molecule has 0 aliphatic rings. The average molecular weight is 2510 g/mol. The first kappa shape index (κ1) is 90.4. The summed E-state index contributed by atoms with van der Waals surface area (Å²) in [5.74, 6) is 5.43. The Morgan fingerprint density at radius 1 is 0.534 bits per heavy atom. The third-order valence-corrected chi connectivity index (χ3v) is 21.0. The third-order valence-electron chi connectivity index (χ3n) is 18.2. The molecule has 609 valence electrons. The summed E-state index contributed by atoms with van der Waals surface area (Å²) < 4.78 is 48.9. The molecule has 0 spiro atoms. The van der Waals surface area contributed by atoms with E-state index in [1.165, 1.54) is 56.6 Å². The molecule has 19 rings (SSSR count). The van der Waals surface area contributed by atoms with Gasteiger partial charge in [0.25, 0.3) is 0 Å². The van der Waals surface area contributed by atoms with Crippen molar-refractivity contribution in [1.29, 1.82) is 5.26 Å². The van der Waals surface area contributed by atoms with Crippen molar-refractivity contribution in [3.8, 4) is 79.3 Å². The van der Waals surface area contributed by atoms with Crippen LogP contribution >= 0.6 is 34.2 Å². The van der Waals surface area contributed by atoms with Gasteiger partial charge in [0.2, 0.25) is 11.6 Å². The molecule has 13 aromatic heterocycles. The van der Waals surface area contributed by atoms with Crippen LogP contribution in [0.4, 0.5) is 4.39 Å². The van der Waals surface area contributed by atoms with Crippen LogP contribution in [0.3, 0.4) is 0 Å². The number of rotatable bonds is 10. The fraction of sp³-hybridized carbons (Fsp3) is 0.214. The number of pyridine rings is 3. The summed E-state index contributed by atoms with van der Waals surface area (Å²) in [4.78, 5) is 52.2. The molecule has 0 N–H and O–H groups in total. The first-order chi connectivity index (χ1) is 54.5. The minimum Gasteiger partial charge on any atom is -0.460 e. The SMILES string of the molecule is Cc1cc(C)c(-n2nc(C#N)nc2-c2[c-]cnc3oc(C)nc23)c(C)c1.Cc1nc(-c2[c-]ccc3oc(F)nc23)n(-c2c(C(C)C)cccc2C(C)C)n1.Cc1nc2c(-c3nc4cccc[n+]4n3-c3c(C)cccc3C)[c-]ccc2s1.Cc1nc2c(-c3ncno3)[c-]ncc2o1.Cc1nsc(-c2[c-]cc(C)c3sc(C)nc23)n1.[Ir].[Ir].[Ir].[Ir].[Ir]. The van der Waals surface area contributed by atoms with Gasteiger partial charge in [0.15, 0.2) is 23.4 Å². The maximum Gasteiger partial charge on any atom is 0.371 e. The smallest absolute Gasteiger partial charge is 0.371 e. The van der Waals surface area contributed by atoms with Gasteiger partial charge in [-0.3, -0.25) is 44.3 Å². The summed E-state index contributed by atoms with van der Waals surface area (Å²) in [6.45, 7) is 32.4. The largest absolute Gasteiger partial charge is 0.460 e. The second-order valence-corrected chi connectivity index (χ2v) is 30.4. The maximum absolute atomic E-state index is 13.7. The number of para-hydroxylation sites is 2. The summed E-state index contributed by atoms with van der Waals surface area (Å²) in [6, 6.07) is 47.2. The van der Waals surface area contributed by atoms with Crippen molar-refractivity contribution in [2.45, 2.75) is 123 Å². The average Bonchev–Trinajstić information content (AvgIpc) is 1.59. The predicted octanol–water partition coefficient (Wildman–Crippen LogP) is 18.5. The van der Waals surface area contributed by atoms with Gasteiger partial charge in [0, 0.05) is 148 Å². The number of fused-ring (bicyclic) bond motifs is 6. The quantitative estimate of drug-likeness (QED) is 0.0907. The van der Waals surface area contributed by atoms with Gasteiger partial charge in [0.05, 0.1) is 54.9 Å². The van der Waals surface area contributed by atoms with E-state index in [1.807, 2.05) is 95.7 Å². The van der Waals surface area contributed by atoms with Gasteiger partial charge >= 0.3 is 11.8 Å². The second kappa shape index (κ2) is 38.4. The topological polar surface area (TPSA) is 301 Å². The molecule has 0 fully saturated rings. The normalized spacial score (nSPS) is 10.9. The molecular formula is C84H70FIr5N21O4S3-4. The van der Waals surface area contributed by atoms with E-state index in [1.54, 1.807) is 59.5 Å². The van der Waals surface area contributed by atoms with Gasteiger partial charge in [-0.2, -0.15) is 25.5 Å². The molecule has 25 nitrogen and oxygen atoms in total. The van der Waals surface area contributed by atoms with Gasteiger partial charge in [-0.05, 0) is 147 Å². The Kier molecular flexibility index (Phi) is 29.4. The number of hydrogen-bond donors (Lipinski definition) is 0. The van der Waals surface area contributed by atoms with Crippen molar-refractivity contribution in [3.63, 3.8) is 0 Å². The van der Waals surface area contributed by atoms with Crippen LogP contribution in [0.1, 0.15) is 123 Å². The Morgan fingerprint density at radius 2 is 1.18 bits per heavy atom. The molecule has 0 amide bonds. The minimum absolute atomic E-state index is 0. The van der Waals surface area contributed by atoms with Crippen molar-refractivity contribution in [3.05, 3.63) is 242 Å². The molecular weight excluding hydrogens is 2440 g/mol. The van der Waals surface area contributed by atoms with Crippen LogP contribution in [-0.4, -0.2) is 93.6 Å². The number of hydrogen-bond acceptors (Lipinski definition) is 24. The number of halogens is 1. The molecule has 5 radical (unpaired) electrons. The first-order valence-corrected chi connectivity index (χ1v) is 38.3. The molecule has 19 aromatic rings. The summed E-state index contributed by atoms with van der Waals surface area (Å²) in [7, 11) is 0. The summed E-state index contributed by atoms with van der Waals surface area (Å²) in [6.07, 6.45) is 8.31. The van der Waals surface area contributed by atoms with Crippen LogP contribution in [0, 0.1) is 131 Å². The monoisotopic (exact) mass is 2520 g/mol. The van der Waals surface area contributed by atoms with E-state index in [0.29, 0.717) is 97.1 Å². The van der Waals surface area contributed by atoms with Crippen LogP contribution in [0.15, 0.2) is 140 Å². The third kappa shape index (κ3) is 18.4. The second-order valence-electron chi connectivity index (χ2n) is 27.2. The number of benzene rings is 6. The number of aryl methyl sites for hydroxylation is 12. The summed E-state index contributed by atoms with van der Waals surface area (Å²) >= 11 is 4.83. The molecule has 6 aromatic carbocycles. The van der Waals surface area contributed by atoms with Gasteiger partial charge in [-0.1, -0.05) is 139 Å². The Morgan fingerprint density at radius 3 is 1.86 bits per heavy atom. The van der Waals surface area contributed by atoms with E-state index in [-0.39, 0.29) is 106 Å². The van der Waals surface area contributed by atoms with Crippen molar-refractivity contribution in [2.24, 2.45) is 0 Å². The van der Waals surface area contributed by atoms with E-state index >= 15 is 0 Å². The van der Waals surface area contributed by atoms with Crippen LogP contribution < -0.4 is 4.52 Å². The zero-order chi connectivity index (χ0) is 79.2. The molecule has 0 saturated carbocycles. The zero-order valence-corrected chi connectivity index (χ0v) is 80.4. The molecule has 34 heteroatoms. The number of nitrogens with zero attached hydrogens (tertiary/aromatic N) is 21. The van der Waals surface area contributed by atoms with Crippen molar-refractivity contribution in [2.75, 3.05) is 0 Å². The number of aromatic nitrogens is 20. The maximum atomic E-state index is 13.7. The Hall–Kier alpha value is -9.92. The van der Waals surface area contributed by atoms with Crippen molar-refractivity contribution in [1.82, 2.24) is 93.6 Å². The van der Waals surface area contributed by atoms with Crippen LogP contribution in [0.2, 0.25) is 0 Å². The Labute approximate surface area is 756 Å². The van der Waals surface area contributed by atoms with Crippen molar-refractivity contribution < 1.29 is 127 Å². The molecule has 0 unspecified atom stereocenters. The fourth-order valence-corrected chi connectivity index (χ4v) is 15.9. The van der Waals surface area contributed by atoms with Gasteiger partial charge < -0.3 is 22.8 Å². The van der Waals surface area contributed by atoms with Crippen LogP contribution in [0.25, 0.3) is 133 Å². The van der Waals surface area contributed by atoms with Crippen LogP contribution in [-0.2, 0) is 101 Å². The molecule has 0 saturated heterocycles. The van der Waals surface area contributed by atoms with E-state index in [4.69, 9.17) is 32.8 Å². The zero-order valence-electron chi connectivity index (χ0n) is 66.0. The molecule has 0 aliphatic carbocycles. The van der Waals surface area contributed by atoms with Crippen molar-refractivity contribution >= 4 is 93.7 Å². The molecule has 0 atom stereocenters. The number of nitriles is 1. The van der Waals surface area contributed by atoms with Crippen LogP contribution in [0.5, 0.6) is 0 Å². The van der Waals surface area contributed by atoms with E-state index in [0.717, 1.165) is 92.9 Å². The predicted molar refractivity (Wildman–Crippen MR) is 429 cm³/mol. The van der Waals surface area contributed by atoms with Gasteiger partial charge in [-0.25, -0.2) is 15.0 Å². The molecule has 13 heterocycles. The van der Waals surface area contributed by atoms with E-state index < -0.39 is 6.14 Å². The molecule has 0 bridgehead atoms. The summed E-state index contributed by atoms with van der Waals surface area (Å²) in [5.41, 5.74) is 21.7. The fourth-order valence-electron chi connectivity index (χ4n) is 13.5. The van der Waals surface area contributed by atoms with Gasteiger partial charge in [0.1, 0.15) is 30.2 Å². The van der Waals surface area contributed by atoms with E-state index in [9.17, 15) is 9.65 Å². The number of thiazole rings is 2.